The fourth-order valence-electron chi connectivity index (χ4n) is 0.0645. The number of carbonyl (C=O) groups is 1. The second-order valence-electron chi connectivity index (χ2n) is 0.783. The molecule has 0 aliphatic carbocycles. The third-order valence-corrected chi connectivity index (χ3v) is 0.256. The second-order valence-corrected chi connectivity index (χ2v) is 0.783. The van der Waals surface area contributed by atoms with Gasteiger partial charge in [-0.25, -0.2) is 0 Å². The fourth-order valence-corrected chi connectivity index (χ4v) is 0.0645. The van der Waals surface area contributed by atoms with Crippen LogP contribution in [0.25, 0.3) is 0 Å². The monoisotopic (exact) mass is 122 g/mol. The lowest BCUT2D eigenvalue weighted by atomic mass is 10.7. The Morgan fingerprint density at radius 3 is 2.12 bits per heavy atom. The molecule has 0 atom stereocenters. The highest BCUT2D eigenvalue weighted by Gasteiger charge is 1.66. The first-order valence-corrected chi connectivity index (χ1v) is 1.95. The summed E-state index contributed by atoms with van der Waals surface area (Å²) < 4.78 is 0. The second kappa shape index (κ2) is 16.2. The van der Waals surface area contributed by atoms with Gasteiger partial charge in [-0.1, -0.05) is 0 Å². The van der Waals surface area contributed by atoms with Crippen LogP contribution in [0.15, 0.2) is 0 Å². The minimum atomic E-state index is -0.250. The number of nitrogens with one attached hydrogen (secondary N) is 1. The van der Waals surface area contributed by atoms with Gasteiger partial charge in [0.05, 0.1) is 6.61 Å². The van der Waals surface area contributed by atoms with Crippen LogP contribution in [-0.2, 0) is 4.79 Å². The molecule has 8 heavy (non-hydrogen) atoms. The summed E-state index contributed by atoms with van der Waals surface area (Å²) in [6.07, 6.45) is 0. The van der Waals surface area contributed by atoms with E-state index in [1.165, 1.54) is 0 Å². The zero-order chi connectivity index (χ0) is 6.83. The number of hydrogen-bond donors (Lipinski definition) is 4. The van der Waals surface area contributed by atoms with Crippen LogP contribution in [0.1, 0.15) is 0 Å². The Labute approximate surface area is 47.1 Å². The van der Waals surface area contributed by atoms with Crippen LogP contribution >= 0.6 is 0 Å². The van der Waals surface area contributed by atoms with Crippen molar-refractivity contribution in [1.29, 1.82) is 0 Å². The largest absolute Gasteiger partial charge is 0.483 e. The smallest absolute Gasteiger partial charge is 0.290 e. The molecule has 0 fully saturated rings. The highest BCUT2D eigenvalue weighted by molar-refractivity contribution is 5.32. The highest BCUT2D eigenvalue weighted by atomic mass is 16.3. The van der Waals surface area contributed by atoms with E-state index in [0.29, 0.717) is 6.54 Å². The van der Waals surface area contributed by atoms with Crippen molar-refractivity contribution in [3.63, 3.8) is 0 Å². The van der Waals surface area contributed by atoms with Crippen LogP contribution in [0.3, 0.4) is 0 Å². The molecule has 50 valence electrons. The van der Waals surface area contributed by atoms with Crippen molar-refractivity contribution < 1.29 is 15.0 Å². The Morgan fingerprint density at radius 1 is 1.75 bits per heavy atom. The molecule has 0 aliphatic heterocycles. The van der Waals surface area contributed by atoms with Crippen LogP contribution in [0.4, 0.5) is 0 Å². The van der Waals surface area contributed by atoms with E-state index >= 15 is 0 Å². The summed E-state index contributed by atoms with van der Waals surface area (Å²) in [6, 6.07) is 0. The average Bonchev–Trinajstić information content (AvgIpc) is 1.71. The van der Waals surface area contributed by atoms with Gasteiger partial charge in [0.15, 0.2) is 0 Å². The number of aliphatic hydroxyl groups excluding tert-OH is 1. The third kappa shape index (κ3) is 55.5. The van der Waals surface area contributed by atoms with Crippen LogP contribution in [0.5, 0.6) is 0 Å². The molecule has 0 aromatic rings. The molecule has 0 amide bonds. The minimum absolute atomic E-state index is 0.108. The lowest BCUT2D eigenvalue weighted by Gasteiger charge is -1.84. The number of carboxylic acid groups (broad SMARTS) is 1. The Morgan fingerprint density at radius 2 is 2.12 bits per heavy atom. The Balaban J connectivity index is 0. The number of hydrogen-bond acceptors (Lipinski definition) is 4. The molecule has 0 aliphatic rings. The Hall–Kier alpha value is -0.650. The van der Waals surface area contributed by atoms with Crippen LogP contribution in [0, 0.1) is 0 Å². The fraction of sp³-hybridized carbons (Fsp3) is 0.667. The summed E-state index contributed by atoms with van der Waals surface area (Å²) in [5, 5.41) is 14.8. The molecule has 0 spiro atoms. The minimum Gasteiger partial charge on any atom is -0.483 e. The van der Waals surface area contributed by atoms with Gasteiger partial charge >= 0.3 is 0 Å². The topological polar surface area (TPSA) is 95.6 Å². The van der Waals surface area contributed by atoms with E-state index in [9.17, 15) is 0 Å². The van der Waals surface area contributed by atoms with Crippen LogP contribution in [-0.4, -0.2) is 29.8 Å². The molecule has 0 heterocycles. The molecular formula is C3H10N2O3. The SMILES string of the molecule is NNCCO.O=CO. The van der Waals surface area contributed by atoms with Gasteiger partial charge in [-0.15, -0.1) is 0 Å². The Kier molecular flexibility index (Phi) is 21.0. The molecule has 0 unspecified atom stereocenters. The van der Waals surface area contributed by atoms with E-state index in [1.54, 1.807) is 0 Å². The van der Waals surface area contributed by atoms with E-state index in [1.807, 2.05) is 0 Å². The first kappa shape index (κ1) is 10.4. The summed E-state index contributed by atoms with van der Waals surface area (Å²) in [4.78, 5) is 8.36. The number of hydrazine groups is 1. The third-order valence-electron chi connectivity index (χ3n) is 0.256. The van der Waals surface area contributed by atoms with Crippen LogP contribution < -0.4 is 11.3 Å². The normalized spacial score (nSPS) is 6.75. The number of aliphatic hydroxyl groups is 1. The van der Waals surface area contributed by atoms with Gasteiger partial charge in [-0.2, -0.15) is 0 Å². The molecule has 5 nitrogen and oxygen atoms in total. The summed E-state index contributed by atoms with van der Waals surface area (Å²) in [5.74, 6) is 4.73. The van der Waals surface area contributed by atoms with Crippen molar-refractivity contribution in [2.75, 3.05) is 13.2 Å². The molecule has 0 saturated carbocycles. The molecule has 5 N–H and O–H groups in total. The van der Waals surface area contributed by atoms with Gasteiger partial charge in [-0.05, 0) is 0 Å². The predicted octanol–water partition coefficient (Wildman–Crippen LogP) is -1.86. The summed E-state index contributed by atoms with van der Waals surface area (Å²) >= 11 is 0. The molecular weight excluding hydrogens is 112 g/mol. The van der Waals surface area contributed by atoms with E-state index in [2.05, 4.69) is 5.43 Å². The summed E-state index contributed by atoms with van der Waals surface area (Å²) in [6.45, 7) is 0.330. The van der Waals surface area contributed by atoms with E-state index in [0.717, 1.165) is 0 Å². The molecule has 0 saturated heterocycles. The van der Waals surface area contributed by atoms with Gasteiger partial charge in [0.1, 0.15) is 0 Å². The van der Waals surface area contributed by atoms with Gasteiger partial charge in [0.2, 0.25) is 0 Å². The van der Waals surface area contributed by atoms with Gasteiger partial charge < -0.3 is 10.2 Å². The maximum atomic E-state index is 8.36. The summed E-state index contributed by atoms with van der Waals surface area (Å²) in [7, 11) is 0. The van der Waals surface area contributed by atoms with Crippen molar-refractivity contribution in [3.8, 4) is 0 Å². The van der Waals surface area contributed by atoms with Gasteiger partial charge in [0, 0.05) is 6.54 Å². The molecule has 0 bridgehead atoms. The molecule has 5 heteroatoms. The maximum absolute atomic E-state index is 8.36. The van der Waals surface area contributed by atoms with E-state index < -0.39 is 0 Å². The average molecular weight is 122 g/mol. The zero-order valence-corrected chi connectivity index (χ0v) is 4.37. The zero-order valence-electron chi connectivity index (χ0n) is 4.37. The maximum Gasteiger partial charge on any atom is 0.290 e. The lowest BCUT2D eigenvalue weighted by Crippen LogP contribution is -2.24. The van der Waals surface area contributed by atoms with Crippen molar-refractivity contribution >= 4 is 6.47 Å². The molecule has 0 aromatic carbocycles. The number of nitrogens with two attached hydrogens (primary N) is 1. The van der Waals surface area contributed by atoms with Crippen molar-refractivity contribution in [2.24, 2.45) is 5.84 Å². The standard InChI is InChI=1S/C2H8N2O.CH2O2/c3-4-1-2-5;2-1-3/h4-5H,1-3H2;1H,(H,2,3). The first-order valence-electron chi connectivity index (χ1n) is 1.95. The molecule has 0 aromatic heterocycles. The van der Waals surface area contributed by atoms with Crippen molar-refractivity contribution in [2.45, 2.75) is 0 Å². The van der Waals surface area contributed by atoms with Crippen molar-refractivity contribution in [1.82, 2.24) is 5.43 Å². The molecule has 0 radical (unpaired) electrons. The quantitative estimate of drug-likeness (QED) is 0.196. The summed E-state index contributed by atoms with van der Waals surface area (Å²) in [5.41, 5.74) is 2.27. The predicted molar refractivity (Wildman–Crippen MR) is 28.0 cm³/mol. The van der Waals surface area contributed by atoms with E-state index in [-0.39, 0.29) is 13.1 Å². The lowest BCUT2D eigenvalue weighted by molar-refractivity contribution is -0.122. The Bertz CT molecular complexity index is 39.5. The molecule has 0 rings (SSSR count). The van der Waals surface area contributed by atoms with Crippen LogP contribution in [0.2, 0.25) is 0 Å². The first-order chi connectivity index (χ1) is 3.83. The van der Waals surface area contributed by atoms with Crippen molar-refractivity contribution in [3.05, 3.63) is 0 Å². The number of rotatable bonds is 2. The van der Waals surface area contributed by atoms with Gasteiger partial charge in [0.25, 0.3) is 6.47 Å². The highest BCUT2D eigenvalue weighted by Crippen LogP contribution is 1.39. The van der Waals surface area contributed by atoms with Gasteiger partial charge in [-0.3, -0.25) is 16.1 Å². The van der Waals surface area contributed by atoms with E-state index in [4.69, 9.17) is 20.9 Å².